The first kappa shape index (κ1) is 119. The summed E-state index contributed by atoms with van der Waals surface area (Å²) in [5.74, 6) is 0. The molecule has 12 aromatic rings. The van der Waals surface area contributed by atoms with E-state index in [1.165, 1.54) is 63.7 Å². The molecule has 6 nitrogen and oxygen atoms in total. The van der Waals surface area contributed by atoms with E-state index in [-0.39, 0.29) is 0 Å². The van der Waals surface area contributed by atoms with Gasteiger partial charge in [-0.3, -0.25) is 0 Å². The topological polar surface area (TPSA) is 55.4 Å². The Morgan fingerprint density at radius 1 is 0.199 bits per heavy atom. The summed E-state index contributed by atoms with van der Waals surface area (Å²) >= 11 is 0. The molecule has 16 heteroatoms. The molecule has 0 saturated carbocycles. The summed E-state index contributed by atoms with van der Waals surface area (Å²) in [5, 5.41) is 19.0. The maximum atomic E-state index is 5.85. The molecular weight excluding hydrogens is 1820 g/mol. The Kier molecular flexibility index (Phi) is 45.4. The molecule has 2 aliphatic heterocycles. The largest absolute Gasteiger partial charge is 0.421 e. The summed E-state index contributed by atoms with van der Waals surface area (Å²) in [4.78, 5) is 0. The summed E-state index contributed by atoms with van der Waals surface area (Å²) in [6.45, 7) is 78.8. The van der Waals surface area contributed by atoms with Crippen molar-refractivity contribution in [3.8, 4) is 22.3 Å². The quantitative estimate of drug-likeness (QED) is 0.0798. The van der Waals surface area contributed by atoms with Gasteiger partial charge in [-0.2, -0.15) is 0 Å². The van der Waals surface area contributed by atoms with Crippen LogP contribution in [0.2, 0.25) is 134 Å². The normalized spacial score (nSPS) is 13.3. The van der Waals surface area contributed by atoms with Crippen LogP contribution in [0.25, 0.3) is 22.3 Å². The van der Waals surface area contributed by atoms with Crippen molar-refractivity contribution < 1.29 is 26.6 Å². The van der Waals surface area contributed by atoms with E-state index in [4.69, 9.17) is 26.6 Å². The molecule has 2 heterocycles. The first-order valence-electron chi connectivity index (χ1n) is 49.5. The molecule has 2 aliphatic rings. The van der Waals surface area contributed by atoms with Crippen LogP contribution >= 0.6 is 0 Å². The van der Waals surface area contributed by atoms with Gasteiger partial charge in [-0.1, -0.05) is 525 Å². The Morgan fingerprint density at radius 2 is 0.338 bits per heavy atom. The van der Waals surface area contributed by atoms with Gasteiger partial charge in [0, 0.05) is 42.7 Å². The van der Waals surface area contributed by atoms with Crippen molar-refractivity contribution in [2.45, 2.75) is 272 Å². The monoisotopic (exact) mass is 2000 g/mol. The summed E-state index contributed by atoms with van der Waals surface area (Å²) in [7, 11) is -4.76. The predicted octanol–water partition coefficient (Wildman–Crippen LogP) is 27.7. The highest BCUT2D eigenvalue weighted by atomic mass is 28.4. The Labute approximate surface area is 841 Å². The fraction of sp³-hybridized carbons (Fsp3) is 0.400. The molecule has 0 fully saturated rings. The molecule has 0 aliphatic carbocycles. The fourth-order valence-corrected chi connectivity index (χ4v) is 43.4. The Bertz CT molecular complexity index is 4780. The van der Waals surface area contributed by atoms with Crippen molar-refractivity contribution in [1.82, 2.24) is 0 Å². The van der Waals surface area contributed by atoms with Crippen LogP contribution in [-0.4, -0.2) is 125 Å². The Morgan fingerprint density at radius 3 is 0.449 bits per heavy atom. The molecular formula is C120H180O6Si10. The van der Waals surface area contributed by atoms with Gasteiger partial charge in [0.15, 0.2) is 33.3 Å². The average Bonchev–Trinajstić information content (AvgIpc) is 1.55. The average molecular weight is 2000 g/mol. The van der Waals surface area contributed by atoms with Gasteiger partial charge >= 0.3 is 0 Å². The molecule has 0 aromatic heterocycles. The minimum Gasteiger partial charge on any atom is -0.421 e. The first-order valence-corrected chi connectivity index (χ1v) is 76.3. The van der Waals surface area contributed by atoms with Gasteiger partial charge in [0.1, 0.15) is 32.3 Å². The molecule has 0 saturated heterocycles. The summed E-state index contributed by atoms with van der Waals surface area (Å²) in [5.41, 5.74) is 8.76. The van der Waals surface area contributed by atoms with Crippen molar-refractivity contribution in [3.05, 3.63) is 340 Å². The highest BCUT2D eigenvalue weighted by Gasteiger charge is 2.52. The van der Waals surface area contributed by atoms with Crippen LogP contribution in [0.15, 0.2) is 340 Å². The second-order valence-corrected chi connectivity index (χ2v) is 91.3. The van der Waals surface area contributed by atoms with E-state index in [2.05, 4.69) is 546 Å². The lowest BCUT2D eigenvalue weighted by atomic mass is 10.1. The highest BCUT2D eigenvalue weighted by Crippen LogP contribution is 2.45. The predicted molar refractivity (Wildman–Crippen MR) is 632 cm³/mol. The fourth-order valence-electron chi connectivity index (χ4n) is 17.8. The molecule has 736 valence electrons. The van der Waals surface area contributed by atoms with Crippen LogP contribution in [0.3, 0.4) is 0 Å². The van der Waals surface area contributed by atoms with E-state index in [1.54, 1.807) is 35.0 Å². The SMILES string of the molecule is CC(C)(C)[Si](C)(c1ccccc1)c1ccccc1.CC(C)(C)[Si](C)(c1ccccc1)c1ccccc1.CC(C)(C)[Si]1(C)c2ccccc2-c2ccccc21.CC(C)(C)[Si]1(C)c2ccccc2-c2ccccc21.CO[Si](C)(C(C)C)C(C)C.CO[Si](C)(C(C)C)C(C)C.CO[Si](C)(C)C.CO[Si](C)(C)C.CO[Si](C)(c1ccccc1)c1ccccc1.CO[Si](C)(c1ccccc1)c1ccccc1. The number of hydrogen-bond donors (Lipinski definition) is 0. The van der Waals surface area contributed by atoms with Gasteiger partial charge in [-0.15, -0.1) is 0 Å². The van der Waals surface area contributed by atoms with E-state index in [1.807, 2.05) is 52.7 Å². The molecule has 0 spiro atoms. The third kappa shape index (κ3) is 29.8. The smallest absolute Gasteiger partial charge is 0.252 e. The van der Waals surface area contributed by atoms with Crippen LogP contribution in [0.1, 0.15) is 138 Å². The number of benzene rings is 12. The van der Waals surface area contributed by atoms with Crippen LogP contribution < -0.4 is 62.2 Å². The van der Waals surface area contributed by atoms with Crippen molar-refractivity contribution >= 4 is 144 Å². The summed E-state index contributed by atoms with van der Waals surface area (Å²) in [6, 6.07) is 122. The Balaban J connectivity index is 0.000000272. The third-order valence-electron chi connectivity index (χ3n) is 30.7. The van der Waals surface area contributed by atoms with Crippen molar-refractivity contribution in [2.75, 3.05) is 42.7 Å². The van der Waals surface area contributed by atoms with Crippen LogP contribution in [0.4, 0.5) is 0 Å². The lowest BCUT2D eigenvalue weighted by molar-refractivity contribution is 0.378. The minimum absolute atomic E-state index is 0.301. The van der Waals surface area contributed by atoms with Gasteiger partial charge in [-0.05, 0) is 172 Å². The van der Waals surface area contributed by atoms with Gasteiger partial charge in [-0.25, -0.2) is 0 Å². The zero-order valence-electron chi connectivity index (χ0n) is 92.1. The third-order valence-corrected chi connectivity index (χ3v) is 75.4. The molecule has 0 amide bonds. The van der Waals surface area contributed by atoms with E-state index < -0.39 is 82.2 Å². The van der Waals surface area contributed by atoms with E-state index in [0.717, 1.165) is 22.2 Å². The first-order chi connectivity index (χ1) is 63.4. The molecule has 0 radical (unpaired) electrons. The van der Waals surface area contributed by atoms with Gasteiger partial charge in [0.05, 0.1) is 0 Å². The zero-order chi connectivity index (χ0) is 102. The zero-order valence-corrected chi connectivity index (χ0v) is 102. The standard InChI is InChI=1S/2C17H20Si.2C17H22Si.2C14H16OSi.2C8H20OSi.2C4H12OSi/c2*1-17(2,3)18(4)15-11-7-5-9-13(15)14-10-6-8-12-16(14)18;2*1-17(2,3)18(4,15-11-7-5-8-12-15)16-13-9-6-10-14-16;2*1-15-16(2,13-9-5-3-6-10-13)14-11-7-4-8-12-14;2*1-7(2)10(6,9-5)8(3)4;2*1-5-6(2,3)4/h2*5-12H,1-4H3;2*5-14H,1-4H3;2*3-12H,1-2H3;2*7-8H,1-6H3;2*1-4H3. The number of fused-ring (bicyclic) bond motifs is 6. The molecule has 12 aromatic carbocycles. The van der Waals surface area contributed by atoms with Gasteiger partial charge < -0.3 is 26.6 Å². The molecule has 0 N–H and O–H groups in total. The van der Waals surface area contributed by atoms with E-state index in [0.29, 0.717) is 20.2 Å². The van der Waals surface area contributed by atoms with Crippen LogP contribution in [0.5, 0.6) is 0 Å². The second-order valence-electron chi connectivity index (χ2n) is 45.1. The van der Waals surface area contributed by atoms with Crippen molar-refractivity contribution in [2.24, 2.45) is 0 Å². The van der Waals surface area contributed by atoms with E-state index in [9.17, 15) is 0 Å². The molecule has 0 bridgehead atoms. The molecule has 136 heavy (non-hydrogen) atoms. The summed E-state index contributed by atoms with van der Waals surface area (Å²) < 4.78 is 33.0. The highest BCUT2D eigenvalue weighted by molar-refractivity contribution is 7.08. The Hall–Kier alpha value is -7.43. The van der Waals surface area contributed by atoms with E-state index >= 15 is 0 Å². The minimum atomic E-state index is -1.98. The summed E-state index contributed by atoms with van der Waals surface area (Å²) in [6.07, 6.45) is 0. The number of hydrogen-bond acceptors (Lipinski definition) is 6. The lowest BCUT2D eigenvalue weighted by Gasteiger charge is -2.41. The molecule has 14 rings (SSSR count). The van der Waals surface area contributed by atoms with Crippen molar-refractivity contribution in [1.29, 1.82) is 0 Å². The maximum absolute atomic E-state index is 5.85. The van der Waals surface area contributed by atoms with Crippen LogP contribution in [-0.2, 0) is 26.6 Å². The number of rotatable bonds is 18. The second kappa shape index (κ2) is 51.8. The van der Waals surface area contributed by atoms with Crippen molar-refractivity contribution in [3.63, 3.8) is 0 Å². The van der Waals surface area contributed by atoms with Gasteiger partial charge in [0.25, 0.3) is 16.6 Å². The lowest BCUT2D eigenvalue weighted by Crippen LogP contribution is -2.61. The molecule has 0 unspecified atom stereocenters. The van der Waals surface area contributed by atoms with Gasteiger partial charge in [0.2, 0.25) is 0 Å². The maximum Gasteiger partial charge on any atom is 0.252 e. The van der Waals surface area contributed by atoms with Crippen LogP contribution in [0, 0.1) is 0 Å². The molecule has 0 atom stereocenters.